The molecule has 3 nitrogen and oxygen atoms in total. The van der Waals surface area contributed by atoms with Crippen LogP contribution in [0.2, 0.25) is 5.02 Å². The molecule has 1 aromatic carbocycles. The van der Waals surface area contributed by atoms with E-state index in [2.05, 4.69) is 4.98 Å². The van der Waals surface area contributed by atoms with E-state index in [1.165, 1.54) is 0 Å². The zero-order chi connectivity index (χ0) is 15.0. The number of rotatable bonds is 1. The molecule has 0 amide bonds. The number of pyridine rings is 1. The smallest absolute Gasteiger partial charge is 0.365 e. The lowest BCUT2D eigenvalue weighted by Gasteiger charge is -2.34. The van der Waals surface area contributed by atoms with Gasteiger partial charge in [-0.15, -0.1) is 0 Å². The van der Waals surface area contributed by atoms with Crippen LogP contribution in [0.3, 0.4) is 0 Å². The number of benzene rings is 1. The lowest BCUT2D eigenvalue weighted by Crippen LogP contribution is -2.49. The van der Waals surface area contributed by atoms with Crippen molar-refractivity contribution in [1.29, 1.82) is 0 Å². The van der Waals surface area contributed by atoms with Gasteiger partial charge in [-0.2, -0.15) is 13.2 Å². The lowest BCUT2D eigenvalue weighted by atomic mass is 10.2. The van der Waals surface area contributed by atoms with Gasteiger partial charge in [-0.25, -0.2) is 4.98 Å². The van der Waals surface area contributed by atoms with Crippen molar-refractivity contribution in [1.82, 2.24) is 4.98 Å². The fraction of sp³-hybridized carbons (Fsp3) is 0.357. The van der Waals surface area contributed by atoms with Crippen LogP contribution in [0.25, 0.3) is 10.9 Å². The first-order chi connectivity index (χ1) is 9.95. The van der Waals surface area contributed by atoms with Crippen molar-refractivity contribution in [3.63, 3.8) is 0 Å². The van der Waals surface area contributed by atoms with Crippen LogP contribution < -0.4 is 4.90 Å². The van der Waals surface area contributed by atoms with E-state index in [4.69, 9.17) is 16.3 Å². The first kappa shape index (κ1) is 14.4. The molecule has 0 saturated carbocycles. The Labute approximate surface area is 124 Å². The molecule has 2 heterocycles. The van der Waals surface area contributed by atoms with Crippen molar-refractivity contribution in [3.8, 4) is 0 Å². The quantitative estimate of drug-likeness (QED) is 0.803. The van der Waals surface area contributed by atoms with Crippen LogP contribution in [0.4, 0.5) is 19.0 Å². The van der Waals surface area contributed by atoms with Crippen molar-refractivity contribution < 1.29 is 17.9 Å². The Morgan fingerprint density at radius 3 is 2.81 bits per heavy atom. The van der Waals surface area contributed by atoms with Crippen LogP contribution in [0, 0.1) is 0 Å². The van der Waals surface area contributed by atoms with Gasteiger partial charge in [0.05, 0.1) is 23.7 Å². The van der Waals surface area contributed by atoms with Crippen molar-refractivity contribution in [2.75, 3.05) is 24.6 Å². The molecule has 0 radical (unpaired) electrons. The molecule has 1 aliphatic rings. The highest BCUT2D eigenvalue weighted by atomic mass is 35.5. The number of fused-ring (bicyclic) bond motifs is 1. The van der Waals surface area contributed by atoms with E-state index in [0.717, 1.165) is 5.39 Å². The van der Waals surface area contributed by atoms with E-state index in [-0.39, 0.29) is 13.2 Å². The van der Waals surface area contributed by atoms with E-state index in [1.54, 1.807) is 23.1 Å². The van der Waals surface area contributed by atoms with E-state index in [0.29, 0.717) is 22.9 Å². The van der Waals surface area contributed by atoms with Gasteiger partial charge in [-0.1, -0.05) is 23.7 Å². The minimum absolute atomic E-state index is 0.0203. The number of aromatic nitrogens is 1. The summed E-state index contributed by atoms with van der Waals surface area (Å²) in [7, 11) is 0. The lowest BCUT2D eigenvalue weighted by molar-refractivity contribution is -0.221. The van der Waals surface area contributed by atoms with Crippen molar-refractivity contribution >= 4 is 28.3 Å². The third-order valence-electron chi connectivity index (χ3n) is 3.41. The number of para-hydroxylation sites is 1. The van der Waals surface area contributed by atoms with Crippen LogP contribution in [-0.4, -0.2) is 37.0 Å². The van der Waals surface area contributed by atoms with Gasteiger partial charge < -0.3 is 9.64 Å². The second kappa shape index (κ2) is 5.35. The molecule has 0 unspecified atom stereocenters. The van der Waals surface area contributed by atoms with Gasteiger partial charge in [0.1, 0.15) is 5.82 Å². The number of hydrogen-bond acceptors (Lipinski definition) is 3. The minimum Gasteiger partial charge on any atom is -0.365 e. The molecule has 1 saturated heterocycles. The van der Waals surface area contributed by atoms with Gasteiger partial charge in [-0.3, -0.25) is 0 Å². The molecule has 1 atom stereocenters. The summed E-state index contributed by atoms with van der Waals surface area (Å²) in [6, 6.07) is 8.88. The predicted octanol–water partition coefficient (Wildman–Crippen LogP) is 3.66. The van der Waals surface area contributed by atoms with Crippen LogP contribution in [0.5, 0.6) is 0 Å². The molecule has 0 spiro atoms. The maximum atomic E-state index is 12.8. The standard InChI is InChI=1S/C14H12ClF3N2O/c15-10-3-1-2-9-4-5-12(19-13(9)10)20-6-7-21-11(8-20)14(16,17)18/h1-5,11H,6-8H2/t11-/m0/s1. The highest BCUT2D eigenvalue weighted by Crippen LogP contribution is 2.29. The van der Waals surface area contributed by atoms with Crippen LogP contribution in [0.15, 0.2) is 30.3 Å². The summed E-state index contributed by atoms with van der Waals surface area (Å²) in [6.07, 6.45) is -6.15. The molecule has 112 valence electrons. The number of ether oxygens (including phenoxy) is 1. The number of morpholine rings is 1. The monoisotopic (exact) mass is 316 g/mol. The fourth-order valence-corrected chi connectivity index (χ4v) is 2.56. The van der Waals surface area contributed by atoms with Crippen molar-refractivity contribution in [3.05, 3.63) is 35.4 Å². The predicted molar refractivity (Wildman–Crippen MR) is 74.8 cm³/mol. The Balaban J connectivity index is 1.91. The Kier molecular flexibility index (Phi) is 3.67. The maximum Gasteiger partial charge on any atom is 0.416 e. The van der Waals surface area contributed by atoms with Crippen molar-refractivity contribution in [2.45, 2.75) is 12.3 Å². The van der Waals surface area contributed by atoms with Crippen LogP contribution >= 0.6 is 11.6 Å². The van der Waals surface area contributed by atoms with Gasteiger partial charge in [0.2, 0.25) is 0 Å². The largest absolute Gasteiger partial charge is 0.416 e. The first-order valence-corrected chi connectivity index (χ1v) is 6.81. The summed E-state index contributed by atoms with van der Waals surface area (Å²) in [5.41, 5.74) is 0.590. The molecule has 0 aliphatic carbocycles. The van der Waals surface area contributed by atoms with Gasteiger partial charge in [0.25, 0.3) is 0 Å². The number of nitrogens with zero attached hydrogens (tertiary/aromatic N) is 2. The first-order valence-electron chi connectivity index (χ1n) is 6.44. The van der Waals surface area contributed by atoms with Crippen LogP contribution in [-0.2, 0) is 4.74 Å². The number of hydrogen-bond donors (Lipinski definition) is 0. The summed E-state index contributed by atoms with van der Waals surface area (Å²) in [4.78, 5) is 5.96. The highest BCUT2D eigenvalue weighted by molar-refractivity contribution is 6.35. The fourth-order valence-electron chi connectivity index (χ4n) is 2.33. The summed E-state index contributed by atoms with van der Waals surface area (Å²) in [5, 5.41) is 1.34. The summed E-state index contributed by atoms with van der Waals surface area (Å²) in [5.74, 6) is 0.480. The maximum absolute atomic E-state index is 12.8. The molecule has 0 bridgehead atoms. The normalized spacial score (nSPS) is 20.0. The molecule has 2 aromatic rings. The van der Waals surface area contributed by atoms with Crippen LogP contribution in [0.1, 0.15) is 0 Å². The number of alkyl halides is 3. The third-order valence-corrected chi connectivity index (χ3v) is 3.72. The van der Waals surface area contributed by atoms with Crippen molar-refractivity contribution in [2.24, 2.45) is 0 Å². The second-order valence-electron chi connectivity index (χ2n) is 4.83. The molecule has 7 heteroatoms. The van der Waals surface area contributed by atoms with E-state index in [9.17, 15) is 13.2 Å². The zero-order valence-corrected chi connectivity index (χ0v) is 11.7. The van der Waals surface area contributed by atoms with Gasteiger partial charge in [0, 0.05) is 11.9 Å². The minimum atomic E-state index is -4.37. The molecule has 1 aromatic heterocycles. The van der Waals surface area contributed by atoms with Gasteiger partial charge in [0.15, 0.2) is 6.10 Å². The Hall–Kier alpha value is -1.53. The van der Waals surface area contributed by atoms with Gasteiger partial charge >= 0.3 is 6.18 Å². The molecular formula is C14H12ClF3N2O. The third kappa shape index (κ3) is 2.91. The number of anilines is 1. The Morgan fingerprint density at radius 1 is 1.24 bits per heavy atom. The molecular weight excluding hydrogens is 305 g/mol. The van der Waals surface area contributed by atoms with E-state index < -0.39 is 12.3 Å². The molecule has 3 rings (SSSR count). The number of halogens is 4. The molecule has 1 fully saturated rings. The summed E-state index contributed by atoms with van der Waals surface area (Å²) in [6.45, 7) is 0.133. The SMILES string of the molecule is FC(F)(F)[C@@H]1CN(c2ccc3cccc(Cl)c3n2)CCO1. The Morgan fingerprint density at radius 2 is 2.05 bits per heavy atom. The van der Waals surface area contributed by atoms with E-state index >= 15 is 0 Å². The average molecular weight is 317 g/mol. The average Bonchev–Trinajstić information content (AvgIpc) is 2.47. The van der Waals surface area contributed by atoms with Gasteiger partial charge in [-0.05, 0) is 18.2 Å². The van der Waals surface area contributed by atoms with E-state index in [1.807, 2.05) is 12.1 Å². The molecule has 0 N–H and O–H groups in total. The summed E-state index contributed by atoms with van der Waals surface area (Å²) >= 11 is 6.08. The molecule has 21 heavy (non-hydrogen) atoms. The molecule has 1 aliphatic heterocycles. The second-order valence-corrected chi connectivity index (χ2v) is 5.24. The zero-order valence-electron chi connectivity index (χ0n) is 10.9. The topological polar surface area (TPSA) is 25.4 Å². The highest BCUT2D eigenvalue weighted by Gasteiger charge is 2.43. The Bertz CT molecular complexity index is 662. The summed E-state index contributed by atoms with van der Waals surface area (Å²) < 4.78 is 43.0.